The van der Waals surface area contributed by atoms with Gasteiger partial charge in [0, 0.05) is 17.7 Å². The summed E-state index contributed by atoms with van der Waals surface area (Å²) in [5.41, 5.74) is 0.347. The maximum atomic E-state index is 13.0. The van der Waals surface area contributed by atoms with E-state index < -0.39 is 17.9 Å². The van der Waals surface area contributed by atoms with Crippen molar-refractivity contribution in [1.82, 2.24) is 15.4 Å². The highest BCUT2D eigenvalue weighted by atomic mass is 16.5. The molecule has 146 valence electrons. The van der Waals surface area contributed by atoms with E-state index in [0.717, 1.165) is 12.8 Å². The minimum absolute atomic E-state index is 0.109. The molecule has 0 aliphatic carbocycles. The lowest BCUT2D eigenvalue weighted by Gasteiger charge is -2.27. The molecule has 0 aliphatic heterocycles. The van der Waals surface area contributed by atoms with Gasteiger partial charge in [-0.2, -0.15) is 5.26 Å². The molecule has 0 spiro atoms. The van der Waals surface area contributed by atoms with Crippen LogP contribution in [0, 0.1) is 23.2 Å². The third-order valence-corrected chi connectivity index (χ3v) is 4.23. The monoisotopic (exact) mass is 374 g/mol. The van der Waals surface area contributed by atoms with Gasteiger partial charge in [-0.3, -0.25) is 19.6 Å². The SMILES string of the molecule is CCCC[C@H](CN(O)C=O)C(=O)[C@@H](NC(=O)c1ccnc(C#N)c1)C(C)C. The van der Waals surface area contributed by atoms with Crippen LogP contribution < -0.4 is 5.32 Å². The minimum atomic E-state index is -0.780. The first kappa shape index (κ1) is 22.3. The highest BCUT2D eigenvalue weighted by Crippen LogP contribution is 2.17. The van der Waals surface area contributed by atoms with Crippen molar-refractivity contribution in [2.75, 3.05) is 6.54 Å². The lowest BCUT2D eigenvalue weighted by atomic mass is 9.87. The van der Waals surface area contributed by atoms with E-state index in [-0.39, 0.29) is 35.9 Å². The Bertz CT molecular complexity index is 699. The average molecular weight is 374 g/mol. The summed E-state index contributed by atoms with van der Waals surface area (Å²) < 4.78 is 0. The zero-order valence-corrected chi connectivity index (χ0v) is 15.9. The molecule has 0 fully saturated rings. The Labute approximate surface area is 159 Å². The first-order valence-corrected chi connectivity index (χ1v) is 8.95. The molecule has 27 heavy (non-hydrogen) atoms. The molecule has 2 amide bonds. The van der Waals surface area contributed by atoms with Crippen molar-refractivity contribution in [2.45, 2.75) is 46.1 Å². The Morgan fingerprint density at radius 1 is 1.44 bits per heavy atom. The second-order valence-corrected chi connectivity index (χ2v) is 6.71. The number of pyridine rings is 1. The summed E-state index contributed by atoms with van der Waals surface area (Å²) >= 11 is 0. The number of hydrogen-bond acceptors (Lipinski definition) is 6. The standard InChI is InChI=1S/C19H26N4O4/c1-4-5-6-15(11-23(27)12-24)18(25)17(13(2)3)22-19(26)14-7-8-21-16(9-14)10-20/h7-9,12-13,15,17,27H,4-6,11H2,1-3H3,(H,22,26)/t15-,17+/m1/s1. The van der Waals surface area contributed by atoms with Crippen molar-refractivity contribution >= 4 is 18.1 Å². The molecule has 8 nitrogen and oxygen atoms in total. The molecule has 0 aliphatic rings. The van der Waals surface area contributed by atoms with Gasteiger partial charge in [0.1, 0.15) is 11.8 Å². The summed E-state index contributed by atoms with van der Waals surface area (Å²) in [6, 6.07) is 3.91. The third kappa shape index (κ3) is 6.79. The van der Waals surface area contributed by atoms with E-state index in [1.54, 1.807) is 0 Å². The predicted octanol–water partition coefficient (Wildman–Crippen LogP) is 1.93. The summed E-state index contributed by atoms with van der Waals surface area (Å²) in [5.74, 6) is -1.49. The van der Waals surface area contributed by atoms with E-state index in [4.69, 9.17) is 5.26 Å². The maximum absolute atomic E-state index is 13.0. The van der Waals surface area contributed by atoms with Crippen LogP contribution in [0.3, 0.4) is 0 Å². The molecule has 2 atom stereocenters. The third-order valence-electron chi connectivity index (χ3n) is 4.23. The first-order chi connectivity index (χ1) is 12.8. The van der Waals surface area contributed by atoms with Crippen LogP contribution in [0.5, 0.6) is 0 Å². The molecular formula is C19H26N4O4. The van der Waals surface area contributed by atoms with Crippen LogP contribution in [0.2, 0.25) is 0 Å². The van der Waals surface area contributed by atoms with Crippen molar-refractivity contribution in [3.05, 3.63) is 29.6 Å². The Kier molecular flexibility index (Phi) is 9.09. The van der Waals surface area contributed by atoms with Crippen molar-refractivity contribution in [1.29, 1.82) is 5.26 Å². The molecule has 0 aromatic carbocycles. The number of hydrogen-bond donors (Lipinski definition) is 2. The van der Waals surface area contributed by atoms with E-state index >= 15 is 0 Å². The number of rotatable bonds is 11. The molecule has 8 heteroatoms. The van der Waals surface area contributed by atoms with E-state index in [2.05, 4.69) is 10.3 Å². The zero-order valence-electron chi connectivity index (χ0n) is 15.9. The number of nitrogens with one attached hydrogen (secondary N) is 1. The highest BCUT2D eigenvalue weighted by Gasteiger charge is 2.31. The average Bonchev–Trinajstić information content (AvgIpc) is 2.67. The molecule has 0 saturated heterocycles. The van der Waals surface area contributed by atoms with Crippen LogP contribution in [0.1, 0.15) is 56.1 Å². The number of nitriles is 1. The van der Waals surface area contributed by atoms with E-state index in [9.17, 15) is 19.6 Å². The number of amides is 2. The second kappa shape index (κ2) is 11.0. The van der Waals surface area contributed by atoms with Crippen molar-refractivity contribution in [3.63, 3.8) is 0 Å². The van der Waals surface area contributed by atoms with Crippen LogP contribution in [-0.2, 0) is 9.59 Å². The number of carbonyl (C=O) groups is 3. The first-order valence-electron chi connectivity index (χ1n) is 8.95. The van der Waals surface area contributed by atoms with Crippen LogP contribution in [0.15, 0.2) is 18.3 Å². The predicted molar refractivity (Wildman–Crippen MR) is 97.6 cm³/mol. The molecular weight excluding hydrogens is 348 g/mol. The van der Waals surface area contributed by atoms with Crippen molar-refractivity contribution < 1.29 is 19.6 Å². The number of ketones is 1. The zero-order chi connectivity index (χ0) is 20.4. The lowest BCUT2D eigenvalue weighted by molar-refractivity contribution is -0.154. The van der Waals surface area contributed by atoms with Gasteiger partial charge in [-0.15, -0.1) is 0 Å². The molecule has 2 N–H and O–H groups in total. The molecule has 0 radical (unpaired) electrons. The largest absolute Gasteiger partial charge is 0.342 e. The summed E-state index contributed by atoms with van der Waals surface area (Å²) in [6.07, 6.45) is 3.75. The summed E-state index contributed by atoms with van der Waals surface area (Å²) in [4.78, 5) is 40.1. The molecule has 0 unspecified atom stereocenters. The lowest BCUT2D eigenvalue weighted by Crippen LogP contribution is -2.48. The van der Waals surface area contributed by atoms with Gasteiger partial charge in [-0.25, -0.2) is 10.0 Å². The Balaban J connectivity index is 2.99. The van der Waals surface area contributed by atoms with Gasteiger partial charge in [0.05, 0.1) is 12.6 Å². The number of Topliss-reactive ketones (excluding diaryl/α,β-unsaturated/α-hetero) is 1. The second-order valence-electron chi connectivity index (χ2n) is 6.71. The van der Waals surface area contributed by atoms with Crippen molar-refractivity contribution in [3.8, 4) is 6.07 Å². The number of nitrogens with zero attached hydrogens (tertiary/aromatic N) is 3. The fourth-order valence-corrected chi connectivity index (χ4v) is 2.72. The molecule has 1 heterocycles. The highest BCUT2D eigenvalue weighted by molar-refractivity contribution is 5.98. The minimum Gasteiger partial charge on any atom is -0.342 e. The van der Waals surface area contributed by atoms with Gasteiger partial charge in [-0.1, -0.05) is 33.6 Å². The van der Waals surface area contributed by atoms with E-state index in [1.165, 1.54) is 18.3 Å². The van der Waals surface area contributed by atoms with Gasteiger partial charge >= 0.3 is 0 Å². The Hall–Kier alpha value is -2.79. The number of unbranched alkanes of at least 4 members (excludes halogenated alkanes) is 1. The molecule has 1 rings (SSSR count). The van der Waals surface area contributed by atoms with E-state index in [1.807, 2.05) is 26.8 Å². The van der Waals surface area contributed by atoms with Crippen LogP contribution in [-0.4, -0.2) is 45.9 Å². The smallest absolute Gasteiger partial charge is 0.252 e. The molecule has 0 saturated carbocycles. The normalized spacial score (nSPS) is 12.7. The van der Waals surface area contributed by atoms with Crippen LogP contribution in [0.25, 0.3) is 0 Å². The van der Waals surface area contributed by atoms with E-state index in [0.29, 0.717) is 11.5 Å². The Morgan fingerprint density at radius 3 is 2.70 bits per heavy atom. The summed E-state index contributed by atoms with van der Waals surface area (Å²) in [6.45, 7) is 5.48. The molecule has 1 aromatic heterocycles. The number of hydroxylamine groups is 2. The van der Waals surface area contributed by atoms with Gasteiger partial charge in [0.2, 0.25) is 6.41 Å². The van der Waals surface area contributed by atoms with Gasteiger partial charge in [0.25, 0.3) is 5.91 Å². The Morgan fingerprint density at radius 2 is 2.15 bits per heavy atom. The van der Waals surface area contributed by atoms with Gasteiger partial charge in [-0.05, 0) is 24.5 Å². The molecule has 0 bridgehead atoms. The van der Waals surface area contributed by atoms with Gasteiger partial charge < -0.3 is 5.32 Å². The fraction of sp³-hybridized carbons (Fsp3) is 0.526. The quantitative estimate of drug-likeness (QED) is 0.346. The van der Waals surface area contributed by atoms with Crippen molar-refractivity contribution in [2.24, 2.45) is 11.8 Å². The van der Waals surface area contributed by atoms with Crippen LogP contribution in [0.4, 0.5) is 0 Å². The topological polar surface area (TPSA) is 123 Å². The maximum Gasteiger partial charge on any atom is 0.252 e. The van der Waals surface area contributed by atoms with Crippen LogP contribution >= 0.6 is 0 Å². The molecule has 1 aromatic rings. The number of carbonyl (C=O) groups excluding carboxylic acids is 3. The number of aromatic nitrogens is 1. The summed E-state index contributed by atoms with van der Waals surface area (Å²) in [5, 5.41) is 21.6. The fourth-order valence-electron chi connectivity index (χ4n) is 2.72. The van der Waals surface area contributed by atoms with Gasteiger partial charge in [0.15, 0.2) is 5.78 Å². The summed E-state index contributed by atoms with van der Waals surface area (Å²) in [7, 11) is 0.